The number of carbonyl (C=O) groups excluding carboxylic acids is 4. The van der Waals surface area contributed by atoms with Crippen molar-refractivity contribution in [1.29, 1.82) is 0 Å². The molecule has 4 amide bonds. The zero-order valence-electron chi connectivity index (χ0n) is 22.9. The van der Waals surface area contributed by atoms with Gasteiger partial charge in [-0.1, -0.05) is 62.4 Å². The second kappa shape index (κ2) is 14.1. The molecule has 12 nitrogen and oxygen atoms in total. The van der Waals surface area contributed by atoms with E-state index in [0.717, 1.165) is 22.0 Å². The van der Waals surface area contributed by atoms with E-state index >= 15 is 0 Å². The fourth-order valence-corrected chi connectivity index (χ4v) is 4.42. The molecule has 1 heterocycles. The summed E-state index contributed by atoms with van der Waals surface area (Å²) in [5, 5.41) is 18.2. The van der Waals surface area contributed by atoms with Gasteiger partial charge < -0.3 is 37.5 Å². The Balaban J connectivity index is 1.90. The minimum Gasteiger partial charge on any atom is -0.480 e. The SMILES string of the molecule is CC(C)C(NC(=O)C(Cc1ccccc1)NC(=O)C(Cc1c[nH]c2ccccc12)NC(=O)C(N)CC(N)=O)C(=O)O. The third-order valence-corrected chi connectivity index (χ3v) is 6.64. The fourth-order valence-electron chi connectivity index (χ4n) is 4.42. The van der Waals surface area contributed by atoms with Gasteiger partial charge in [-0.05, 0) is 23.1 Å². The van der Waals surface area contributed by atoms with Gasteiger partial charge in [-0.2, -0.15) is 0 Å². The largest absolute Gasteiger partial charge is 0.480 e. The highest BCUT2D eigenvalue weighted by molar-refractivity contribution is 5.95. The monoisotopic (exact) mass is 564 g/mol. The Morgan fingerprint density at radius 1 is 0.829 bits per heavy atom. The number of primary amides is 1. The molecule has 1 aromatic heterocycles. The number of amides is 4. The van der Waals surface area contributed by atoms with Gasteiger partial charge in [0.1, 0.15) is 18.1 Å². The number of nitrogens with one attached hydrogen (secondary N) is 4. The number of aromatic amines is 1. The summed E-state index contributed by atoms with van der Waals surface area (Å²) >= 11 is 0. The van der Waals surface area contributed by atoms with Crippen LogP contribution in [0.4, 0.5) is 0 Å². The van der Waals surface area contributed by atoms with Crippen molar-refractivity contribution in [3.63, 3.8) is 0 Å². The molecule has 9 N–H and O–H groups in total. The van der Waals surface area contributed by atoms with Gasteiger partial charge in [0.05, 0.1) is 12.5 Å². The summed E-state index contributed by atoms with van der Waals surface area (Å²) in [4.78, 5) is 66.0. The molecule has 0 bridgehead atoms. The number of aromatic nitrogens is 1. The molecule has 0 spiro atoms. The van der Waals surface area contributed by atoms with Gasteiger partial charge in [0.15, 0.2) is 0 Å². The van der Waals surface area contributed by atoms with Gasteiger partial charge in [-0.3, -0.25) is 19.2 Å². The number of carboxylic acids is 1. The average Bonchev–Trinajstić information content (AvgIpc) is 3.33. The van der Waals surface area contributed by atoms with Gasteiger partial charge in [0, 0.05) is 29.9 Å². The number of hydrogen-bond acceptors (Lipinski definition) is 6. The van der Waals surface area contributed by atoms with Gasteiger partial charge in [-0.15, -0.1) is 0 Å². The quantitative estimate of drug-likeness (QED) is 0.146. The Bertz CT molecular complexity index is 1390. The number of fused-ring (bicyclic) bond motifs is 1. The fraction of sp³-hybridized carbons (Fsp3) is 0.345. The zero-order chi connectivity index (χ0) is 30.1. The lowest BCUT2D eigenvalue weighted by molar-refractivity contribution is -0.143. The molecule has 0 aliphatic carbocycles. The molecule has 0 saturated carbocycles. The molecular weight excluding hydrogens is 528 g/mol. The highest BCUT2D eigenvalue weighted by Crippen LogP contribution is 2.19. The molecule has 41 heavy (non-hydrogen) atoms. The van der Waals surface area contributed by atoms with E-state index in [9.17, 15) is 29.1 Å². The Labute approximate surface area is 237 Å². The molecule has 3 aromatic rings. The number of nitrogens with two attached hydrogens (primary N) is 2. The standard InChI is InChI=1S/C29H36N6O6/c1-16(2)25(29(40)41)35-28(39)22(12-17-8-4-3-5-9-17)34-27(38)23(33-26(37)20(30)14-24(31)36)13-18-15-32-21-11-7-6-10-19(18)21/h3-11,15-16,20,22-23,25,32H,12-14,30H2,1-2H3,(H2,31,36)(H,33,37)(H,34,38)(H,35,39)(H,40,41). The maximum atomic E-state index is 13.7. The highest BCUT2D eigenvalue weighted by atomic mass is 16.4. The molecule has 2 aromatic carbocycles. The first kappa shape index (κ1) is 30.8. The van der Waals surface area contributed by atoms with E-state index in [1.807, 2.05) is 24.3 Å². The molecule has 4 unspecified atom stereocenters. The van der Waals surface area contributed by atoms with Crippen LogP contribution < -0.4 is 27.4 Å². The second-order valence-electron chi connectivity index (χ2n) is 10.2. The smallest absolute Gasteiger partial charge is 0.326 e. The second-order valence-corrected chi connectivity index (χ2v) is 10.2. The maximum Gasteiger partial charge on any atom is 0.326 e. The minimum atomic E-state index is -1.28. The number of carboxylic acid groups (broad SMARTS) is 1. The van der Waals surface area contributed by atoms with Crippen LogP contribution in [0.25, 0.3) is 10.9 Å². The van der Waals surface area contributed by atoms with Gasteiger partial charge in [0.25, 0.3) is 0 Å². The Hall–Kier alpha value is -4.71. The average molecular weight is 565 g/mol. The zero-order valence-corrected chi connectivity index (χ0v) is 22.9. The van der Waals surface area contributed by atoms with Crippen molar-refractivity contribution in [2.75, 3.05) is 0 Å². The van der Waals surface area contributed by atoms with E-state index in [0.29, 0.717) is 0 Å². The first-order valence-corrected chi connectivity index (χ1v) is 13.2. The molecule has 4 atom stereocenters. The number of rotatable bonds is 14. The Morgan fingerprint density at radius 3 is 2.05 bits per heavy atom. The van der Waals surface area contributed by atoms with Crippen molar-refractivity contribution in [3.8, 4) is 0 Å². The van der Waals surface area contributed by atoms with Crippen molar-refractivity contribution in [3.05, 3.63) is 71.9 Å². The molecular formula is C29H36N6O6. The number of benzene rings is 2. The highest BCUT2D eigenvalue weighted by Gasteiger charge is 2.32. The predicted octanol–water partition coefficient (Wildman–Crippen LogP) is 0.351. The minimum absolute atomic E-state index is 0.0360. The summed E-state index contributed by atoms with van der Waals surface area (Å²) in [7, 11) is 0. The van der Waals surface area contributed by atoms with Gasteiger partial charge >= 0.3 is 5.97 Å². The number of hydrogen-bond donors (Lipinski definition) is 7. The molecule has 0 aliphatic heterocycles. The Morgan fingerprint density at radius 2 is 1.41 bits per heavy atom. The predicted molar refractivity (Wildman–Crippen MR) is 152 cm³/mol. The summed E-state index contributed by atoms with van der Waals surface area (Å²) in [6, 6.07) is 11.5. The van der Waals surface area contributed by atoms with E-state index in [2.05, 4.69) is 20.9 Å². The summed E-state index contributed by atoms with van der Waals surface area (Å²) in [6.07, 6.45) is 1.40. The van der Waals surface area contributed by atoms with Crippen LogP contribution in [0, 0.1) is 5.92 Å². The summed E-state index contributed by atoms with van der Waals surface area (Å²) in [5.41, 5.74) is 13.3. The van der Waals surface area contributed by atoms with Crippen molar-refractivity contribution in [1.82, 2.24) is 20.9 Å². The number of para-hydroxylation sites is 1. The normalized spacial score (nSPS) is 14.0. The molecule has 12 heteroatoms. The van der Waals surface area contributed by atoms with Crippen LogP contribution in [0.3, 0.4) is 0 Å². The van der Waals surface area contributed by atoms with Crippen LogP contribution in [0.15, 0.2) is 60.8 Å². The van der Waals surface area contributed by atoms with Crippen LogP contribution in [0.1, 0.15) is 31.4 Å². The molecule has 0 saturated heterocycles. The summed E-state index contributed by atoms with van der Waals surface area (Å²) in [6.45, 7) is 3.32. The first-order chi connectivity index (χ1) is 19.5. The lowest BCUT2D eigenvalue weighted by Gasteiger charge is -2.26. The summed E-state index contributed by atoms with van der Waals surface area (Å²) < 4.78 is 0. The molecule has 0 aliphatic rings. The maximum absolute atomic E-state index is 13.7. The van der Waals surface area contributed by atoms with Crippen molar-refractivity contribution in [2.45, 2.75) is 57.3 Å². The summed E-state index contributed by atoms with van der Waals surface area (Å²) in [5.74, 6) is -4.54. The third-order valence-electron chi connectivity index (χ3n) is 6.64. The van der Waals surface area contributed by atoms with Crippen molar-refractivity contribution >= 4 is 40.5 Å². The third kappa shape index (κ3) is 8.64. The molecule has 3 rings (SSSR count). The first-order valence-electron chi connectivity index (χ1n) is 13.2. The number of carbonyl (C=O) groups is 5. The van der Waals surface area contributed by atoms with Crippen molar-refractivity contribution in [2.24, 2.45) is 17.4 Å². The molecule has 0 radical (unpaired) electrons. The van der Waals surface area contributed by atoms with E-state index < -0.39 is 66.1 Å². The molecule has 218 valence electrons. The van der Waals surface area contributed by atoms with Gasteiger partial charge in [-0.25, -0.2) is 4.79 Å². The topological polar surface area (TPSA) is 210 Å². The van der Waals surface area contributed by atoms with Gasteiger partial charge in [0.2, 0.25) is 23.6 Å². The lowest BCUT2D eigenvalue weighted by Crippen LogP contribution is -2.58. The van der Waals surface area contributed by atoms with Crippen LogP contribution in [-0.2, 0) is 36.8 Å². The van der Waals surface area contributed by atoms with Crippen molar-refractivity contribution < 1.29 is 29.1 Å². The van der Waals surface area contributed by atoms with E-state index in [1.54, 1.807) is 50.4 Å². The van der Waals surface area contributed by atoms with Crippen LogP contribution in [-0.4, -0.2) is 63.9 Å². The van der Waals surface area contributed by atoms with Crippen LogP contribution in [0.2, 0.25) is 0 Å². The van der Waals surface area contributed by atoms with E-state index in [4.69, 9.17) is 11.5 Å². The van der Waals surface area contributed by atoms with E-state index in [1.165, 1.54) is 0 Å². The van der Waals surface area contributed by atoms with Crippen LogP contribution in [0.5, 0.6) is 0 Å². The number of H-pyrrole nitrogens is 1. The number of aliphatic carboxylic acids is 1. The lowest BCUT2D eigenvalue weighted by atomic mass is 10.00. The van der Waals surface area contributed by atoms with Crippen LogP contribution >= 0.6 is 0 Å². The molecule has 0 fully saturated rings. The Kier molecular flexibility index (Phi) is 10.6. The van der Waals surface area contributed by atoms with E-state index in [-0.39, 0.29) is 12.8 Å².